The number of sulfonamides is 1. The number of halogens is 2. The quantitative estimate of drug-likeness (QED) is 0.861. The summed E-state index contributed by atoms with van der Waals surface area (Å²) in [6.07, 6.45) is 0.642. The van der Waals surface area contributed by atoms with E-state index >= 15 is 0 Å². The average molecular weight is 353 g/mol. The van der Waals surface area contributed by atoms with Crippen LogP contribution in [0.1, 0.15) is 23.7 Å². The van der Waals surface area contributed by atoms with Crippen LogP contribution in [0.5, 0.6) is 0 Å². The predicted molar refractivity (Wildman–Crippen MR) is 79.1 cm³/mol. The van der Waals surface area contributed by atoms with Crippen molar-refractivity contribution in [3.05, 3.63) is 27.7 Å². The van der Waals surface area contributed by atoms with Crippen molar-refractivity contribution in [2.75, 3.05) is 13.2 Å². The number of primary sulfonamides is 1. The zero-order chi connectivity index (χ0) is 15.8. The minimum Gasteiger partial charge on any atom is -0.379 e. The van der Waals surface area contributed by atoms with Crippen molar-refractivity contribution in [1.29, 1.82) is 0 Å². The largest absolute Gasteiger partial charge is 0.379 e. The van der Waals surface area contributed by atoms with Crippen LogP contribution in [0.25, 0.3) is 0 Å². The fraction of sp³-hybridized carbons (Fsp3) is 0.417. The number of carbonyl (C=O) groups excluding carboxylic acids is 1. The van der Waals surface area contributed by atoms with Crippen molar-refractivity contribution >= 4 is 39.1 Å². The number of ether oxygens (including phenoxy) is 1. The lowest BCUT2D eigenvalue weighted by molar-refractivity contribution is 0.0890. The van der Waals surface area contributed by atoms with Crippen molar-refractivity contribution in [2.24, 2.45) is 5.14 Å². The Morgan fingerprint density at radius 3 is 2.62 bits per heavy atom. The molecular formula is C12H14Cl2N2O4S. The highest BCUT2D eigenvalue weighted by Gasteiger charge is 2.33. The number of hydrogen-bond donors (Lipinski definition) is 2. The van der Waals surface area contributed by atoms with Crippen molar-refractivity contribution in [1.82, 2.24) is 5.32 Å². The van der Waals surface area contributed by atoms with Gasteiger partial charge in [0.15, 0.2) is 0 Å². The van der Waals surface area contributed by atoms with Crippen molar-refractivity contribution in [3.63, 3.8) is 0 Å². The van der Waals surface area contributed by atoms with E-state index in [2.05, 4.69) is 5.32 Å². The van der Waals surface area contributed by atoms with Gasteiger partial charge in [0.25, 0.3) is 5.91 Å². The Morgan fingerprint density at radius 2 is 2.10 bits per heavy atom. The van der Waals surface area contributed by atoms with Crippen LogP contribution >= 0.6 is 23.2 Å². The highest BCUT2D eigenvalue weighted by Crippen LogP contribution is 2.31. The SMILES string of the molecule is CC1(NC(=O)c2c(Cl)ccc(S(N)(=O)=O)c2Cl)CCOC1. The summed E-state index contributed by atoms with van der Waals surface area (Å²) in [5.74, 6) is -0.566. The monoisotopic (exact) mass is 352 g/mol. The smallest absolute Gasteiger partial charge is 0.254 e. The van der Waals surface area contributed by atoms with Crippen molar-refractivity contribution in [3.8, 4) is 0 Å². The average Bonchev–Trinajstić information content (AvgIpc) is 2.73. The Bertz CT molecular complexity index is 685. The van der Waals surface area contributed by atoms with E-state index in [9.17, 15) is 13.2 Å². The van der Waals surface area contributed by atoms with Gasteiger partial charge in [-0.2, -0.15) is 0 Å². The molecule has 0 saturated carbocycles. The minimum atomic E-state index is -4.04. The Morgan fingerprint density at radius 1 is 1.43 bits per heavy atom. The van der Waals surface area contributed by atoms with E-state index in [1.807, 2.05) is 6.92 Å². The van der Waals surface area contributed by atoms with E-state index in [1.165, 1.54) is 6.07 Å². The second kappa shape index (κ2) is 5.73. The summed E-state index contributed by atoms with van der Waals surface area (Å²) in [5.41, 5.74) is -0.653. The summed E-state index contributed by atoms with van der Waals surface area (Å²) in [6.45, 7) is 2.72. The molecule has 1 saturated heterocycles. The lowest BCUT2D eigenvalue weighted by Gasteiger charge is -2.24. The number of nitrogens with one attached hydrogen (secondary N) is 1. The Labute approximate surface area is 132 Å². The topological polar surface area (TPSA) is 98.5 Å². The van der Waals surface area contributed by atoms with Gasteiger partial charge in [-0.15, -0.1) is 0 Å². The van der Waals surface area contributed by atoms with Crippen LogP contribution < -0.4 is 10.5 Å². The zero-order valence-electron chi connectivity index (χ0n) is 11.2. The molecule has 6 nitrogen and oxygen atoms in total. The summed E-state index contributed by atoms with van der Waals surface area (Å²) in [5, 5.41) is 7.58. The summed E-state index contributed by atoms with van der Waals surface area (Å²) < 4.78 is 28.1. The molecule has 0 aliphatic carbocycles. The summed E-state index contributed by atoms with van der Waals surface area (Å²) in [7, 11) is -4.04. The first-order chi connectivity index (χ1) is 9.64. The first kappa shape index (κ1) is 16.5. The third-order valence-electron chi connectivity index (χ3n) is 3.22. The molecule has 9 heteroatoms. The zero-order valence-corrected chi connectivity index (χ0v) is 13.5. The van der Waals surface area contributed by atoms with Crippen LogP contribution in [0.2, 0.25) is 10.0 Å². The number of carbonyl (C=O) groups is 1. The van der Waals surface area contributed by atoms with Crippen LogP contribution in [-0.2, 0) is 14.8 Å². The third-order valence-corrected chi connectivity index (χ3v) is 5.00. The first-order valence-corrected chi connectivity index (χ1v) is 8.35. The van der Waals surface area contributed by atoms with Gasteiger partial charge in [-0.05, 0) is 25.5 Å². The van der Waals surface area contributed by atoms with Crippen LogP contribution in [0.3, 0.4) is 0 Å². The molecule has 1 aromatic carbocycles. The second-order valence-corrected chi connectivity index (χ2v) is 7.41. The Kier molecular flexibility index (Phi) is 4.51. The lowest BCUT2D eigenvalue weighted by Crippen LogP contribution is -2.46. The summed E-state index contributed by atoms with van der Waals surface area (Å²) >= 11 is 12.0. The molecule has 2 rings (SSSR count). The van der Waals surface area contributed by atoms with E-state index < -0.39 is 21.5 Å². The molecule has 3 N–H and O–H groups in total. The molecule has 0 aromatic heterocycles. The molecule has 21 heavy (non-hydrogen) atoms. The highest BCUT2D eigenvalue weighted by molar-refractivity contribution is 7.89. The molecule has 1 unspecified atom stereocenters. The third kappa shape index (κ3) is 3.49. The Balaban J connectivity index is 2.41. The number of amides is 1. The lowest BCUT2D eigenvalue weighted by atomic mass is 10.0. The maximum Gasteiger partial charge on any atom is 0.254 e. The normalized spacial score (nSPS) is 22.3. The molecule has 1 aliphatic rings. The molecule has 1 aliphatic heterocycles. The number of rotatable bonds is 3. The Hall–Kier alpha value is -0.860. The molecule has 1 fully saturated rings. The van der Waals surface area contributed by atoms with E-state index in [4.69, 9.17) is 33.1 Å². The van der Waals surface area contributed by atoms with Gasteiger partial charge >= 0.3 is 0 Å². The molecule has 0 radical (unpaired) electrons. The van der Waals surface area contributed by atoms with Crippen molar-refractivity contribution in [2.45, 2.75) is 23.8 Å². The van der Waals surface area contributed by atoms with Gasteiger partial charge in [0, 0.05) is 6.61 Å². The fourth-order valence-corrected chi connectivity index (χ4v) is 3.54. The fourth-order valence-electron chi connectivity index (χ4n) is 2.06. The number of benzene rings is 1. The standard InChI is InChI=1S/C12H14Cl2N2O4S/c1-12(4-5-20-6-12)16-11(17)9-7(13)2-3-8(10(9)14)21(15,18)19/h2-3H,4-6H2,1H3,(H,16,17)(H2,15,18,19). The molecule has 0 bridgehead atoms. The molecular weight excluding hydrogens is 339 g/mol. The molecule has 1 heterocycles. The maximum absolute atomic E-state index is 12.4. The maximum atomic E-state index is 12.4. The van der Waals surface area contributed by atoms with E-state index in [-0.39, 0.29) is 20.5 Å². The van der Waals surface area contributed by atoms with E-state index in [1.54, 1.807) is 0 Å². The molecule has 1 aromatic rings. The van der Waals surface area contributed by atoms with Gasteiger partial charge in [0.2, 0.25) is 10.0 Å². The first-order valence-electron chi connectivity index (χ1n) is 6.05. The molecule has 1 atom stereocenters. The molecule has 0 spiro atoms. The molecule has 1 amide bonds. The van der Waals surface area contributed by atoms with Gasteiger partial charge in [-0.25, -0.2) is 13.6 Å². The highest BCUT2D eigenvalue weighted by atomic mass is 35.5. The second-order valence-electron chi connectivity index (χ2n) is 5.10. The number of hydrogen-bond acceptors (Lipinski definition) is 4. The van der Waals surface area contributed by atoms with Crippen LogP contribution in [0.15, 0.2) is 17.0 Å². The minimum absolute atomic E-state index is 0.0485. The van der Waals surface area contributed by atoms with Gasteiger partial charge in [0.05, 0.1) is 27.8 Å². The van der Waals surface area contributed by atoms with Crippen LogP contribution in [0.4, 0.5) is 0 Å². The number of nitrogens with two attached hydrogens (primary N) is 1. The summed E-state index contributed by atoms with van der Waals surface area (Å²) in [6, 6.07) is 2.44. The van der Waals surface area contributed by atoms with E-state index in [0.717, 1.165) is 6.07 Å². The van der Waals surface area contributed by atoms with Gasteiger partial charge in [-0.3, -0.25) is 4.79 Å². The van der Waals surface area contributed by atoms with E-state index in [0.29, 0.717) is 19.6 Å². The van der Waals surface area contributed by atoms with Gasteiger partial charge < -0.3 is 10.1 Å². The van der Waals surface area contributed by atoms with Crippen LogP contribution in [-0.4, -0.2) is 33.1 Å². The predicted octanol–water partition coefficient (Wildman–Crippen LogP) is 1.55. The summed E-state index contributed by atoms with van der Waals surface area (Å²) in [4.78, 5) is 12.0. The molecule has 116 valence electrons. The van der Waals surface area contributed by atoms with Crippen molar-refractivity contribution < 1.29 is 17.9 Å². The van der Waals surface area contributed by atoms with Crippen LogP contribution in [0, 0.1) is 0 Å². The van der Waals surface area contributed by atoms with Gasteiger partial charge in [0.1, 0.15) is 4.90 Å². The van der Waals surface area contributed by atoms with Gasteiger partial charge in [-0.1, -0.05) is 23.2 Å².